The summed E-state index contributed by atoms with van der Waals surface area (Å²) in [5.41, 5.74) is 0.187. The van der Waals surface area contributed by atoms with Crippen LogP contribution >= 0.6 is 0 Å². The van der Waals surface area contributed by atoms with E-state index >= 15 is 0 Å². The van der Waals surface area contributed by atoms with E-state index in [1.165, 1.54) is 6.20 Å². The van der Waals surface area contributed by atoms with Gasteiger partial charge in [-0.3, -0.25) is 9.78 Å². The van der Waals surface area contributed by atoms with Crippen molar-refractivity contribution in [1.29, 1.82) is 0 Å². The molecule has 5 nitrogen and oxygen atoms in total. The van der Waals surface area contributed by atoms with E-state index < -0.39 is 36.3 Å². The van der Waals surface area contributed by atoms with Gasteiger partial charge in [-0.1, -0.05) is 0 Å². The van der Waals surface area contributed by atoms with Crippen LogP contribution in [0.4, 0.5) is 27.8 Å². The molecule has 1 saturated heterocycles. The minimum atomic E-state index is -4.46. The van der Waals surface area contributed by atoms with Crippen molar-refractivity contribution in [3.05, 3.63) is 30.0 Å². The zero-order valence-corrected chi connectivity index (χ0v) is 12.1. The average Bonchev–Trinajstić information content (AvgIpc) is 2.80. The molecule has 128 valence electrons. The number of carbonyl (C=O) groups excluding carboxylic acids is 1. The monoisotopic (exact) mass is 346 g/mol. The van der Waals surface area contributed by atoms with E-state index in [2.05, 4.69) is 15.3 Å². The lowest BCUT2D eigenvalue weighted by Gasteiger charge is -2.18. The number of alkyl halides is 3. The van der Waals surface area contributed by atoms with Crippen LogP contribution in [0.3, 0.4) is 0 Å². The summed E-state index contributed by atoms with van der Waals surface area (Å²) in [5, 5.41) is 2.68. The highest BCUT2D eigenvalue weighted by Gasteiger charge is 2.39. The quantitative estimate of drug-likeness (QED) is 0.868. The first-order chi connectivity index (χ1) is 11.2. The van der Waals surface area contributed by atoms with Crippen molar-refractivity contribution in [2.24, 2.45) is 0 Å². The molecule has 1 fully saturated rings. The molecule has 1 unspecified atom stereocenters. The van der Waals surface area contributed by atoms with Gasteiger partial charge in [0.25, 0.3) is 0 Å². The van der Waals surface area contributed by atoms with E-state index in [0.29, 0.717) is 4.90 Å². The Morgan fingerprint density at radius 1 is 1.21 bits per heavy atom. The molecule has 0 saturated carbocycles. The second-order valence-corrected chi connectivity index (χ2v) is 5.37. The highest BCUT2D eigenvalue weighted by Crippen LogP contribution is 2.23. The van der Waals surface area contributed by atoms with Gasteiger partial charge < -0.3 is 10.2 Å². The largest absolute Gasteiger partial charge is 0.406 e. The van der Waals surface area contributed by atoms with E-state index in [4.69, 9.17) is 0 Å². The molecular formula is C14H11F5N4O. The van der Waals surface area contributed by atoms with Gasteiger partial charge in [-0.15, -0.1) is 0 Å². The maximum atomic E-state index is 13.2. The number of anilines is 1. The summed E-state index contributed by atoms with van der Waals surface area (Å²) in [5.74, 6) is -2.76. The number of halogens is 5. The molecule has 0 radical (unpaired) electrons. The smallest absolute Gasteiger partial charge is 0.357 e. The molecule has 1 aliphatic rings. The van der Waals surface area contributed by atoms with Crippen LogP contribution < -0.4 is 5.32 Å². The summed E-state index contributed by atoms with van der Waals surface area (Å²) in [4.78, 5) is 20.6. The van der Waals surface area contributed by atoms with Crippen molar-refractivity contribution in [2.75, 3.05) is 18.4 Å². The Balaban J connectivity index is 1.76. The molecule has 0 spiro atoms. The zero-order chi connectivity index (χ0) is 17.5. The minimum Gasteiger partial charge on any atom is -0.357 e. The third-order valence-electron chi connectivity index (χ3n) is 3.57. The van der Waals surface area contributed by atoms with E-state index in [1.54, 1.807) is 0 Å². The third-order valence-corrected chi connectivity index (χ3v) is 3.57. The zero-order valence-electron chi connectivity index (χ0n) is 12.1. The predicted molar refractivity (Wildman–Crippen MR) is 74.1 cm³/mol. The summed E-state index contributed by atoms with van der Waals surface area (Å²) in [6.45, 7) is -1.34. The molecule has 2 aromatic rings. The number of hydrogen-bond acceptors (Lipinski definition) is 4. The third kappa shape index (κ3) is 3.36. The molecule has 24 heavy (non-hydrogen) atoms. The first-order valence-electron chi connectivity index (χ1n) is 6.97. The van der Waals surface area contributed by atoms with Crippen molar-refractivity contribution in [2.45, 2.75) is 18.6 Å². The van der Waals surface area contributed by atoms with Crippen LogP contribution in [0.1, 0.15) is 6.42 Å². The molecule has 3 rings (SSSR count). The topological polar surface area (TPSA) is 58.1 Å². The fourth-order valence-electron chi connectivity index (χ4n) is 2.50. The first-order valence-corrected chi connectivity index (χ1v) is 6.97. The van der Waals surface area contributed by atoms with Crippen LogP contribution in [0.2, 0.25) is 0 Å². The van der Waals surface area contributed by atoms with Gasteiger partial charge in [-0.2, -0.15) is 13.2 Å². The number of hydrogen-bond donors (Lipinski definition) is 1. The van der Waals surface area contributed by atoms with Crippen LogP contribution in [-0.2, 0) is 4.79 Å². The lowest BCUT2D eigenvalue weighted by Crippen LogP contribution is -2.39. The van der Waals surface area contributed by atoms with Gasteiger partial charge in [0.15, 0.2) is 11.6 Å². The van der Waals surface area contributed by atoms with Crippen LogP contribution in [0, 0.1) is 11.6 Å². The van der Waals surface area contributed by atoms with E-state index in [0.717, 1.165) is 12.1 Å². The molecule has 0 bridgehead atoms. The summed E-state index contributed by atoms with van der Waals surface area (Å²) in [6, 6.07) is 0.868. The Bertz CT molecular complexity index is 795. The summed E-state index contributed by atoms with van der Waals surface area (Å²) in [7, 11) is 0. The molecule has 1 aromatic heterocycles. The minimum absolute atomic E-state index is 0.0309. The molecule has 0 aliphatic carbocycles. The van der Waals surface area contributed by atoms with Gasteiger partial charge in [0, 0.05) is 18.7 Å². The molecule has 10 heteroatoms. The SMILES string of the molecule is O=C1C(Nc2cnc3cc(F)c(F)cc3n2)CCN1CC(F)(F)F. The molecule has 1 aliphatic heterocycles. The van der Waals surface area contributed by atoms with E-state index in [9.17, 15) is 26.7 Å². The van der Waals surface area contributed by atoms with Gasteiger partial charge >= 0.3 is 6.18 Å². The Hall–Kier alpha value is -2.52. The average molecular weight is 346 g/mol. The lowest BCUT2D eigenvalue weighted by molar-refractivity contribution is -0.157. The van der Waals surface area contributed by atoms with E-state index in [-0.39, 0.29) is 29.8 Å². The second-order valence-electron chi connectivity index (χ2n) is 5.37. The Morgan fingerprint density at radius 2 is 1.88 bits per heavy atom. The molecular weight excluding hydrogens is 335 g/mol. The maximum absolute atomic E-state index is 13.2. The molecule has 1 N–H and O–H groups in total. The standard InChI is InChI=1S/C14H11F5N4O/c15-7-3-10-11(4-8(7)16)22-12(5-20-10)21-9-1-2-23(13(9)24)6-14(17,18)19/h3-5,9H,1-2,6H2,(H,21,22). The van der Waals surface area contributed by atoms with Gasteiger partial charge in [-0.05, 0) is 6.42 Å². The van der Waals surface area contributed by atoms with Crippen LogP contribution in [-0.4, -0.2) is 46.1 Å². The number of carbonyl (C=O) groups is 1. The number of nitrogens with zero attached hydrogens (tertiary/aromatic N) is 3. The fourth-order valence-corrected chi connectivity index (χ4v) is 2.50. The summed E-state index contributed by atoms with van der Waals surface area (Å²) >= 11 is 0. The van der Waals surface area contributed by atoms with Gasteiger partial charge in [-0.25, -0.2) is 13.8 Å². The number of benzene rings is 1. The van der Waals surface area contributed by atoms with Crippen molar-refractivity contribution in [3.8, 4) is 0 Å². The molecule has 1 aromatic carbocycles. The Labute approximate surface area is 132 Å². The second kappa shape index (κ2) is 5.84. The van der Waals surface area contributed by atoms with Crippen molar-refractivity contribution in [1.82, 2.24) is 14.9 Å². The van der Waals surface area contributed by atoms with Crippen molar-refractivity contribution < 1.29 is 26.7 Å². The van der Waals surface area contributed by atoms with Crippen molar-refractivity contribution in [3.63, 3.8) is 0 Å². The number of amides is 1. The van der Waals surface area contributed by atoms with Gasteiger partial charge in [0.2, 0.25) is 5.91 Å². The maximum Gasteiger partial charge on any atom is 0.406 e. The molecule has 1 atom stereocenters. The predicted octanol–water partition coefficient (Wildman–Crippen LogP) is 2.48. The van der Waals surface area contributed by atoms with Crippen LogP contribution in [0.15, 0.2) is 18.3 Å². The first kappa shape index (κ1) is 16.3. The number of fused-ring (bicyclic) bond motifs is 1. The fraction of sp³-hybridized carbons (Fsp3) is 0.357. The number of aromatic nitrogens is 2. The number of likely N-dealkylation sites (tertiary alicyclic amines) is 1. The van der Waals surface area contributed by atoms with Crippen LogP contribution in [0.5, 0.6) is 0 Å². The number of nitrogens with one attached hydrogen (secondary N) is 1. The number of rotatable bonds is 3. The Morgan fingerprint density at radius 3 is 2.54 bits per heavy atom. The lowest BCUT2D eigenvalue weighted by atomic mass is 10.2. The highest BCUT2D eigenvalue weighted by atomic mass is 19.4. The van der Waals surface area contributed by atoms with Gasteiger partial charge in [0.1, 0.15) is 18.4 Å². The summed E-state index contributed by atoms with van der Waals surface area (Å²) in [6.07, 6.45) is -3.08. The summed E-state index contributed by atoms with van der Waals surface area (Å²) < 4.78 is 63.5. The molecule has 2 heterocycles. The van der Waals surface area contributed by atoms with E-state index in [1.807, 2.05) is 0 Å². The molecule has 1 amide bonds. The van der Waals surface area contributed by atoms with Crippen LogP contribution in [0.25, 0.3) is 11.0 Å². The Kier molecular flexibility index (Phi) is 3.98. The van der Waals surface area contributed by atoms with Gasteiger partial charge in [0.05, 0.1) is 17.2 Å². The van der Waals surface area contributed by atoms with Crippen molar-refractivity contribution >= 4 is 22.8 Å². The normalized spacial score (nSPS) is 18.5. The highest BCUT2D eigenvalue weighted by molar-refractivity contribution is 5.87.